The van der Waals surface area contributed by atoms with Crippen molar-refractivity contribution < 1.29 is 38.6 Å². The van der Waals surface area contributed by atoms with E-state index in [0.29, 0.717) is 6.07 Å². The number of aromatic nitrogens is 3. The lowest BCUT2D eigenvalue weighted by Gasteiger charge is -2.34. The molecule has 2 aromatic carbocycles. The number of hydrogen-bond acceptors (Lipinski definition) is 8. The number of benzene rings is 2. The predicted octanol–water partition coefficient (Wildman–Crippen LogP) is 4.67. The van der Waals surface area contributed by atoms with E-state index in [0.717, 1.165) is 35.9 Å². The lowest BCUT2D eigenvalue weighted by atomic mass is 9.95. The van der Waals surface area contributed by atoms with Gasteiger partial charge in [-0.15, -0.1) is 6.42 Å². The molecule has 0 spiro atoms. The number of ether oxygens (including phenoxy) is 1. The van der Waals surface area contributed by atoms with Gasteiger partial charge in [0.2, 0.25) is 0 Å². The van der Waals surface area contributed by atoms with E-state index in [9.17, 15) is 14.3 Å². The Morgan fingerprint density at radius 1 is 1.21 bits per heavy atom. The molecule has 4 saturated heterocycles. The second kappa shape index (κ2) is 11.0. The van der Waals surface area contributed by atoms with Crippen LogP contribution in [0.15, 0.2) is 35.1 Å². The summed E-state index contributed by atoms with van der Waals surface area (Å²) in [6.45, 7) is -5.42. The molecule has 4 atom stereocenters. The molecule has 0 radical (unpaired) electrons. The molecule has 2 N–H and O–H groups in total. The lowest BCUT2D eigenvalue weighted by Crippen LogP contribution is -2.51. The Balaban J connectivity index is 1.39. The second-order valence-electron chi connectivity index (χ2n) is 12.6. The number of alkyl halides is 4. The maximum atomic E-state index is 15.2. The Morgan fingerprint density at radius 3 is 2.71 bits per heavy atom. The quantitative estimate of drug-likeness (QED) is 0.234. The Morgan fingerprint density at radius 2 is 1.98 bits per heavy atom. The number of piperazine rings is 1. The van der Waals surface area contributed by atoms with Crippen LogP contribution in [0.4, 0.5) is 27.8 Å². The van der Waals surface area contributed by atoms with Crippen LogP contribution in [0, 0.1) is 18.2 Å². The first-order valence-electron chi connectivity index (χ1n) is 17.9. The van der Waals surface area contributed by atoms with Gasteiger partial charge >= 0.3 is 12.2 Å². The summed E-state index contributed by atoms with van der Waals surface area (Å²) < 4.78 is 124. The molecule has 4 fully saturated rings. The fraction of sp³-hybridized carbons (Fsp3) is 0.441. The predicted molar refractivity (Wildman–Crippen MR) is 168 cm³/mol. The Hall–Kier alpha value is -4.48. The van der Waals surface area contributed by atoms with Crippen molar-refractivity contribution >= 4 is 27.5 Å². The number of phenols is 1. The van der Waals surface area contributed by atoms with Crippen molar-refractivity contribution in [3.8, 4) is 29.8 Å². The number of halogens is 5. The lowest BCUT2D eigenvalue weighted by molar-refractivity contribution is -0.142. The van der Waals surface area contributed by atoms with Gasteiger partial charge in [0.05, 0.1) is 26.3 Å². The molecule has 14 heteroatoms. The minimum Gasteiger partial charge on any atom is -0.508 e. The van der Waals surface area contributed by atoms with E-state index in [-0.39, 0.29) is 64.6 Å². The zero-order chi connectivity index (χ0) is 38.0. The summed E-state index contributed by atoms with van der Waals surface area (Å²) in [6.07, 6.45) is -2.09. The number of hydrogen-bond donors (Lipinski definition) is 2. The smallest absolute Gasteiger partial charge is 0.431 e. The van der Waals surface area contributed by atoms with Crippen molar-refractivity contribution in [2.45, 2.75) is 62.1 Å². The van der Waals surface area contributed by atoms with Gasteiger partial charge < -0.3 is 20.1 Å². The van der Waals surface area contributed by atoms with Crippen LogP contribution in [0.5, 0.6) is 11.8 Å². The average molecular weight is 672 g/mol. The molecule has 4 aliphatic rings. The van der Waals surface area contributed by atoms with Gasteiger partial charge in [-0.2, -0.15) is 23.1 Å². The maximum absolute atomic E-state index is 15.2. The van der Waals surface area contributed by atoms with E-state index < -0.39 is 89.5 Å². The molecule has 4 aliphatic heterocycles. The molecule has 0 saturated carbocycles. The summed E-state index contributed by atoms with van der Waals surface area (Å²) in [5, 5.41) is 13.4. The first-order chi connectivity index (χ1) is 24.7. The minimum absolute atomic E-state index is 0.0292. The number of terminal acetylenes is 1. The number of fused-ring (bicyclic) bond motifs is 5. The van der Waals surface area contributed by atoms with E-state index in [1.54, 1.807) is 4.90 Å². The van der Waals surface area contributed by atoms with Crippen LogP contribution in [0.3, 0.4) is 0 Å². The molecule has 0 unspecified atom stereocenters. The van der Waals surface area contributed by atoms with Crippen molar-refractivity contribution in [1.29, 1.82) is 0 Å². The molecular formula is C34H31F5N6O3. The van der Waals surface area contributed by atoms with Crippen molar-refractivity contribution in [1.82, 2.24) is 24.8 Å². The average Bonchev–Trinajstić information content (AvgIpc) is 3.66. The van der Waals surface area contributed by atoms with E-state index in [2.05, 4.69) is 21.2 Å². The zero-order valence-electron chi connectivity index (χ0n) is 30.2. The van der Waals surface area contributed by atoms with Crippen molar-refractivity contribution in [3.05, 3.63) is 57.8 Å². The SMILES string of the molecule is [2H]C1([2H])CC[C@@]2(C([2H])([2H])Oc3nc(N4C[C@H]5CC[C@@H](C4)N5)c4cc(C(F)(F)F)n(-c5cc(O)cc6ccc(F)c(C#C)c56)c(=O)c4n3)C[C@@]([2H])(F)CN12. The standard InChI is InChI=1S/C34H31F5N6O3/c1-2-23-25(36)7-4-18-10-22(46)11-26(28(18)23)45-27(34(37,38)39)12-24-29(31(45)47)41-32(42-30(24)43-15-20-5-6-21(16-43)40-20)48-17-33-8-3-9-44(33)14-19(35)13-33/h1,4,7,10-12,19-21,40,46H,3,5-6,8-9,13-17H2/t19-,20-,21+,33+/m1/s1/i9D2,17D2,19D. The number of nitrogens with zero attached hydrogens (tertiary/aromatic N) is 5. The van der Waals surface area contributed by atoms with Crippen LogP contribution in [-0.2, 0) is 6.18 Å². The molecule has 48 heavy (non-hydrogen) atoms. The molecule has 4 aromatic rings. The van der Waals surface area contributed by atoms with Gasteiger partial charge in [-0.1, -0.05) is 12.0 Å². The fourth-order valence-electron chi connectivity index (χ4n) is 7.48. The maximum Gasteiger partial charge on any atom is 0.431 e. The fourth-order valence-corrected chi connectivity index (χ4v) is 7.48. The van der Waals surface area contributed by atoms with E-state index >= 15 is 17.6 Å². The highest BCUT2D eigenvalue weighted by Gasteiger charge is 2.49. The van der Waals surface area contributed by atoms with Gasteiger partial charge in [-0.25, -0.2) is 8.78 Å². The number of aromatic hydroxyl groups is 1. The van der Waals surface area contributed by atoms with Gasteiger partial charge in [-0.3, -0.25) is 14.3 Å². The Kier molecular flexibility index (Phi) is 5.87. The third-order valence-electron chi connectivity index (χ3n) is 9.56. The number of pyridine rings is 1. The highest BCUT2D eigenvalue weighted by molar-refractivity contribution is 5.97. The molecular weight excluding hydrogens is 635 g/mol. The summed E-state index contributed by atoms with van der Waals surface area (Å²) in [4.78, 5) is 25.7. The van der Waals surface area contributed by atoms with Crippen LogP contribution in [-0.4, -0.2) is 81.0 Å². The largest absolute Gasteiger partial charge is 0.508 e. The normalized spacial score (nSPS) is 30.0. The van der Waals surface area contributed by atoms with E-state index in [1.807, 2.05) is 0 Å². The first kappa shape index (κ1) is 25.5. The van der Waals surface area contributed by atoms with Gasteiger partial charge in [0, 0.05) is 52.3 Å². The third-order valence-corrected chi connectivity index (χ3v) is 9.56. The van der Waals surface area contributed by atoms with Crippen LogP contribution >= 0.6 is 0 Å². The Bertz CT molecular complexity index is 2310. The number of nitrogens with one attached hydrogen (secondary N) is 1. The molecule has 2 aromatic heterocycles. The second-order valence-corrected chi connectivity index (χ2v) is 12.6. The first-order valence-corrected chi connectivity index (χ1v) is 15.4. The topological polar surface area (TPSA) is 95.8 Å². The van der Waals surface area contributed by atoms with Gasteiger partial charge in [0.15, 0.2) is 0 Å². The van der Waals surface area contributed by atoms with Crippen LogP contribution < -0.4 is 20.5 Å². The monoisotopic (exact) mass is 671 g/mol. The summed E-state index contributed by atoms with van der Waals surface area (Å²) in [5.41, 5.74) is -6.66. The van der Waals surface area contributed by atoms with Crippen LogP contribution in [0.25, 0.3) is 27.4 Å². The van der Waals surface area contributed by atoms with Gasteiger partial charge in [0.1, 0.15) is 41.3 Å². The van der Waals surface area contributed by atoms with E-state index in [4.69, 9.17) is 18.0 Å². The molecule has 2 bridgehead atoms. The third kappa shape index (κ3) is 4.94. The highest BCUT2D eigenvalue weighted by Crippen LogP contribution is 2.42. The van der Waals surface area contributed by atoms with Crippen LogP contribution in [0.2, 0.25) is 0 Å². The molecule has 0 amide bonds. The highest BCUT2D eigenvalue weighted by atomic mass is 19.4. The molecule has 6 heterocycles. The summed E-state index contributed by atoms with van der Waals surface area (Å²) in [6, 6.07) is 3.84. The minimum atomic E-state index is -5.22. The van der Waals surface area contributed by atoms with Gasteiger partial charge in [0.25, 0.3) is 5.56 Å². The van der Waals surface area contributed by atoms with Crippen LogP contribution in [0.1, 0.15) is 50.2 Å². The van der Waals surface area contributed by atoms with Crippen molar-refractivity contribution in [2.24, 2.45) is 0 Å². The van der Waals surface area contributed by atoms with Gasteiger partial charge in [-0.05, 0) is 55.8 Å². The summed E-state index contributed by atoms with van der Waals surface area (Å²) in [7, 11) is 0. The van der Waals surface area contributed by atoms with Crippen molar-refractivity contribution in [2.75, 3.05) is 37.6 Å². The zero-order valence-corrected chi connectivity index (χ0v) is 25.2. The summed E-state index contributed by atoms with van der Waals surface area (Å²) >= 11 is 0. The van der Waals surface area contributed by atoms with E-state index in [1.165, 1.54) is 6.07 Å². The number of rotatable bonds is 5. The summed E-state index contributed by atoms with van der Waals surface area (Å²) in [5.74, 6) is 0.416. The van der Waals surface area contributed by atoms with Crippen molar-refractivity contribution in [3.63, 3.8) is 0 Å². The number of anilines is 1. The molecule has 8 rings (SSSR count). The molecule has 9 nitrogen and oxygen atoms in total. The molecule has 0 aliphatic carbocycles. The molecule has 250 valence electrons. The number of phenolic OH excluding ortho intramolecular Hbond substituents is 1. The Labute approximate surface area is 278 Å².